The molecule has 0 aliphatic rings. The zero-order chi connectivity index (χ0) is 18.7. The number of carbonyl (C=O) groups is 1. The molecule has 26 heavy (non-hydrogen) atoms. The van der Waals surface area contributed by atoms with Crippen LogP contribution in [0.2, 0.25) is 0 Å². The molecule has 0 saturated heterocycles. The quantitative estimate of drug-likeness (QED) is 0.688. The van der Waals surface area contributed by atoms with E-state index >= 15 is 0 Å². The van der Waals surface area contributed by atoms with Gasteiger partial charge in [-0.05, 0) is 17.0 Å². The topological polar surface area (TPSA) is 60.5 Å². The fourth-order valence-electron chi connectivity index (χ4n) is 2.68. The van der Waals surface area contributed by atoms with Gasteiger partial charge >= 0.3 is 0 Å². The Morgan fingerprint density at radius 1 is 1.12 bits per heavy atom. The second kappa shape index (κ2) is 7.74. The Morgan fingerprint density at radius 3 is 2.38 bits per heavy atom. The number of thiazole rings is 1. The average Bonchev–Trinajstić information content (AvgIpc) is 3.01. The number of nitrogens with zero attached hydrogens (tertiary/aromatic N) is 1. The van der Waals surface area contributed by atoms with Crippen molar-refractivity contribution in [3.05, 3.63) is 47.5 Å². The summed E-state index contributed by atoms with van der Waals surface area (Å²) >= 11 is 1.41. The number of nitrogens with one attached hydrogen (secondary N) is 1. The van der Waals surface area contributed by atoms with Gasteiger partial charge in [0.1, 0.15) is 0 Å². The summed E-state index contributed by atoms with van der Waals surface area (Å²) in [6.45, 7) is 4.30. The minimum atomic E-state index is -0.0831. The molecule has 3 aromatic rings. The summed E-state index contributed by atoms with van der Waals surface area (Å²) in [6, 6.07) is 11.8. The van der Waals surface area contributed by atoms with Crippen LogP contribution in [0.25, 0.3) is 10.2 Å². The Balaban J connectivity index is 1.72. The molecule has 0 saturated carbocycles. The van der Waals surface area contributed by atoms with Crippen LogP contribution in [0.4, 0.5) is 5.13 Å². The maximum absolute atomic E-state index is 12.3. The molecule has 0 aliphatic heterocycles. The van der Waals surface area contributed by atoms with Crippen molar-refractivity contribution in [2.24, 2.45) is 0 Å². The van der Waals surface area contributed by atoms with Crippen LogP contribution in [0.1, 0.15) is 30.9 Å². The van der Waals surface area contributed by atoms with Crippen molar-refractivity contribution >= 4 is 32.6 Å². The first-order valence-electron chi connectivity index (χ1n) is 8.41. The van der Waals surface area contributed by atoms with Crippen LogP contribution < -0.4 is 14.8 Å². The molecule has 1 N–H and O–H groups in total. The maximum Gasteiger partial charge on any atom is 0.230 e. The van der Waals surface area contributed by atoms with Crippen molar-refractivity contribution in [3.63, 3.8) is 0 Å². The lowest BCUT2D eigenvalue weighted by molar-refractivity contribution is -0.115. The molecule has 0 radical (unpaired) electrons. The lowest BCUT2D eigenvalue weighted by Gasteiger charge is -2.06. The van der Waals surface area contributed by atoms with Crippen molar-refractivity contribution < 1.29 is 14.3 Å². The van der Waals surface area contributed by atoms with Gasteiger partial charge in [0.25, 0.3) is 0 Å². The molecule has 1 heterocycles. The second-order valence-electron chi connectivity index (χ2n) is 6.32. The largest absolute Gasteiger partial charge is 0.493 e. The zero-order valence-electron chi connectivity index (χ0n) is 15.3. The first kappa shape index (κ1) is 18.2. The second-order valence-corrected chi connectivity index (χ2v) is 7.35. The van der Waals surface area contributed by atoms with E-state index in [0.29, 0.717) is 29.0 Å². The first-order chi connectivity index (χ1) is 12.5. The van der Waals surface area contributed by atoms with Crippen LogP contribution >= 0.6 is 11.3 Å². The number of hydrogen-bond acceptors (Lipinski definition) is 5. The van der Waals surface area contributed by atoms with E-state index in [-0.39, 0.29) is 5.91 Å². The fraction of sp³-hybridized carbons (Fsp3) is 0.300. The molecule has 3 rings (SSSR count). The van der Waals surface area contributed by atoms with Gasteiger partial charge in [-0.3, -0.25) is 4.79 Å². The first-order valence-corrected chi connectivity index (χ1v) is 9.23. The van der Waals surface area contributed by atoms with Crippen LogP contribution in [-0.4, -0.2) is 25.1 Å². The Bertz CT molecular complexity index is 876. The molecule has 0 bridgehead atoms. The summed E-state index contributed by atoms with van der Waals surface area (Å²) in [4.78, 5) is 16.8. The molecule has 0 aliphatic carbocycles. The number of aromatic nitrogens is 1. The Labute approximate surface area is 157 Å². The van der Waals surface area contributed by atoms with Crippen molar-refractivity contribution in [2.45, 2.75) is 26.2 Å². The van der Waals surface area contributed by atoms with E-state index in [1.165, 1.54) is 16.9 Å². The minimum absolute atomic E-state index is 0.0831. The van der Waals surface area contributed by atoms with Gasteiger partial charge in [-0.15, -0.1) is 0 Å². The molecule has 0 fully saturated rings. The number of carbonyl (C=O) groups excluding carboxylic acids is 1. The van der Waals surface area contributed by atoms with Crippen molar-refractivity contribution in [1.29, 1.82) is 0 Å². The number of amides is 1. The van der Waals surface area contributed by atoms with Crippen LogP contribution in [0, 0.1) is 0 Å². The summed E-state index contributed by atoms with van der Waals surface area (Å²) in [6.07, 6.45) is 0.320. The standard InChI is InChI=1S/C20H22N2O3S/c1-12(2)14-7-5-13(6-8-14)9-19(23)22-20-21-15-10-16(24-3)17(25-4)11-18(15)26-20/h5-8,10-12H,9H2,1-4H3,(H,21,22,23). The smallest absolute Gasteiger partial charge is 0.230 e. The van der Waals surface area contributed by atoms with E-state index in [4.69, 9.17) is 9.47 Å². The van der Waals surface area contributed by atoms with Gasteiger partial charge in [-0.25, -0.2) is 4.98 Å². The summed E-state index contributed by atoms with van der Waals surface area (Å²) in [5, 5.41) is 3.45. The van der Waals surface area contributed by atoms with E-state index in [9.17, 15) is 4.79 Å². The SMILES string of the molecule is COc1cc2nc(NC(=O)Cc3ccc(C(C)C)cc3)sc2cc1OC. The number of hydrogen-bond donors (Lipinski definition) is 1. The molecule has 0 spiro atoms. The molecule has 5 nitrogen and oxygen atoms in total. The summed E-state index contributed by atoms with van der Waals surface area (Å²) in [5.41, 5.74) is 3.02. The monoisotopic (exact) mass is 370 g/mol. The molecule has 2 aromatic carbocycles. The van der Waals surface area contributed by atoms with Crippen LogP contribution in [0.5, 0.6) is 11.5 Å². The zero-order valence-corrected chi connectivity index (χ0v) is 16.1. The van der Waals surface area contributed by atoms with Gasteiger partial charge in [-0.2, -0.15) is 0 Å². The van der Waals surface area contributed by atoms with Gasteiger partial charge in [0.2, 0.25) is 5.91 Å². The highest BCUT2D eigenvalue weighted by atomic mass is 32.1. The predicted molar refractivity (Wildman–Crippen MR) is 106 cm³/mol. The van der Waals surface area contributed by atoms with Crippen LogP contribution in [0.3, 0.4) is 0 Å². The number of benzene rings is 2. The summed E-state index contributed by atoms with van der Waals surface area (Å²) < 4.78 is 11.5. The lowest BCUT2D eigenvalue weighted by atomic mass is 10.0. The third-order valence-electron chi connectivity index (χ3n) is 4.15. The molecule has 0 unspecified atom stereocenters. The van der Waals surface area contributed by atoms with Crippen molar-refractivity contribution in [2.75, 3.05) is 19.5 Å². The van der Waals surface area contributed by atoms with Gasteiger partial charge in [0.15, 0.2) is 16.6 Å². The highest BCUT2D eigenvalue weighted by Crippen LogP contribution is 2.36. The molecule has 6 heteroatoms. The molecular weight excluding hydrogens is 348 g/mol. The van der Waals surface area contributed by atoms with E-state index in [1.807, 2.05) is 24.3 Å². The van der Waals surface area contributed by atoms with Crippen LogP contribution in [-0.2, 0) is 11.2 Å². The van der Waals surface area contributed by atoms with Gasteiger partial charge < -0.3 is 14.8 Å². The van der Waals surface area contributed by atoms with Crippen molar-refractivity contribution in [1.82, 2.24) is 4.98 Å². The number of fused-ring (bicyclic) bond motifs is 1. The lowest BCUT2D eigenvalue weighted by Crippen LogP contribution is -2.14. The highest BCUT2D eigenvalue weighted by Gasteiger charge is 2.13. The maximum atomic E-state index is 12.3. The summed E-state index contributed by atoms with van der Waals surface area (Å²) in [5.74, 6) is 1.66. The Hall–Kier alpha value is -2.60. The van der Waals surface area contributed by atoms with E-state index in [1.54, 1.807) is 14.2 Å². The van der Waals surface area contributed by atoms with E-state index in [2.05, 4.69) is 36.3 Å². The third-order valence-corrected chi connectivity index (χ3v) is 5.08. The molecule has 0 atom stereocenters. The predicted octanol–water partition coefficient (Wildman–Crippen LogP) is 4.62. The van der Waals surface area contributed by atoms with Gasteiger partial charge in [-0.1, -0.05) is 49.4 Å². The normalized spacial score (nSPS) is 11.0. The average molecular weight is 370 g/mol. The number of rotatable bonds is 6. The minimum Gasteiger partial charge on any atom is -0.493 e. The third kappa shape index (κ3) is 3.96. The summed E-state index contributed by atoms with van der Waals surface area (Å²) in [7, 11) is 3.18. The highest BCUT2D eigenvalue weighted by molar-refractivity contribution is 7.22. The van der Waals surface area contributed by atoms with Crippen molar-refractivity contribution in [3.8, 4) is 11.5 Å². The van der Waals surface area contributed by atoms with Crippen LogP contribution in [0.15, 0.2) is 36.4 Å². The Morgan fingerprint density at radius 2 is 1.77 bits per heavy atom. The molecule has 1 amide bonds. The Kier molecular flexibility index (Phi) is 5.42. The van der Waals surface area contributed by atoms with Gasteiger partial charge in [0, 0.05) is 12.1 Å². The van der Waals surface area contributed by atoms with Gasteiger partial charge in [0.05, 0.1) is 30.9 Å². The number of ether oxygens (including phenoxy) is 2. The molecular formula is C20H22N2O3S. The van der Waals surface area contributed by atoms with E-state index in [0.717, 1.165) is 15.8 Å². The molecule has 1 aromatic heterocycles. The van der Waals surface area contributed by atoms with E-state index < -0.39 is 0 Å². The number of anilines is 1. The molecule has 136 valence electrons. The fourth-order valence-corrected chi connectivity index (χ4v) is 3.57. The number of methoxy groups -OCH3 is 2.